The van der Waals surface area contributed by atoms with Gasteiger partial charge in [0.2, 0.25) is 0 Å². The minimum absolute atomic E-state index is 0.104. The third-order valence-corrected chi connectivity index (χ3v) is 4.68. The standard InChI is InChI=1S/C21H12ClFN2O3/c22-16-7-3-1-5-13(16)20(26)25-18-8-4-2-6-15(18)19(24-25)14-10-9-12(21(27)28)11-17(14)23/h1-11H,(H,27,28). The van der Waals surface area contributed by atoms with Crippen LogP contribution in [-0.2, 0) is 0 Å². The third kappa shape index (κ3) is 2.93. The Labute approximate surface area is 163 Å². The van der Waals surface area contributed by atoms with E-state index in [9.17, 15) is 14.0 Å². The summed E-state index contributed by atoms with van der Waals surface area (Å²) in [6.45, 7) is 0. The van der Waals surface area contributed by atoms with Crippen LogP contribution in [0.4, 0.5) is 4.39 Å². The van der Waals surface area contributed by atoms with E-state index >= 15 is 0 Å². The number of rotatable bonds is 3. The van der Waals surface area contributed by atoms with Gasteiger partial charge in [-0.05, 0) is 36.4 Å². The first kappa shape index (κ1) is 17.9. The Bertz CT molecular complexity index is 1250. The van der Waals surface area contributed by atoms with Crippen molar-refractivity contribution in [2.45, 2.75) is 0 Å². The van der Waals surface area contributed by atoms with Crippen molar-refractivity contribution in [3.63, 3.8) is 0 Å². The van der Waals surface area contributed by atoms with E-state index in [1.807, 2.05) is 0 Å². The highest BCUT2D eigenvalue weighted by Crippen LogP contribution is 2.31. The number of para-hydroxylation sites is 1. The van der Waals surface area contributed by atoms with Crippen molar-refractivity contribution in [3.05, 3.63) is 88.7 Å². The van der Waals surface area contributed by atoms with E-state index in [2.05, 4.69) is 5.10 Å². The molecule has 0 unspecified atom stereocenters. The lowest BCUT2D eigenvalue weighted by Crippen LogP contribution is -2.14. The fourth-order valence-electron chi connectivity index (χ4n) is 3.01. The quantitative estimate of drug-likeness (QED) is 0.537. The number of carbonyl (C=O) groups excluding carboxylic acids is 1. The largest absolute Gasteiger partial charge is 0.478 e. The van der Waals surface area contributed by atoms with E-state index < -0.39 is 17.7 Å². The maximum absolute atomic E-state index is 14.6. The highest BCUT2D eigenvalue weighted by Gasteiger charge is 2.21. The molecule has 0 aliphatic heterocycles. The maximum Gasteiger partial charge on any atom is 0.335 e. The van der Waals surface area contributed by atoms with Crippen LogP contribution in [0.15, 0.2) is 66.7 Å². The Morgan fingerprint density at radius 3 is 2.43 bits per heavy atom. The Hall–Kier alpha value is -3.51. The minimum atomic E-state index is -1.23. The molecule has 4 rings (SSSR count). The Morgan fingerprint density at radius 2 is 1.71 bits per heavy atom. The molecule has 138 valence electrons. The number of hydrogen-bond donors (Lipinski definition) is 1. The Morgan fingerprint density at radius 1 is 1.00 bits per heavy atom. The van der Waals surface area contributed by atoms with Crippen LogP contribution in [0.25, 0.3) is 22.2 Å². The molecule has 28 heavy (non-hydrogen) atoms. The predicted octanol–water partition coefficient (Wildman–Crippen LogP) is 4.88. The summed E-state index contributed by atoms with van der Waals surface area (Å²) in [7, 11) is 0. The van der Waals surface area contributed by atoms with Crippen LogP contribution in [0, 0.1) is 5.82 Å². The molecule has 0 atom stereocenters. The Balaban J connectivity index is 1.92. The fraction of sp³-hybridized carbons (Fsp3) is 0. The lowest BCUT2D eigenvalue weighted by Gasteiger charge is -2.04. The van der Waals surface area contributed by atoms with E-state index in [1.165, 1.54) is 16.8 Å². The number of fused-ring (bicyclic) bond motifs is 1. The molecule has 1 N–H and O–H groups in total. The number of benzene rings is 3. The van der Waals surface area contributed by atoms with Crippen molar-refractivity contribution in [1.82, 2.24) is 9.78 Å². The van der Waals surface area contributed by atoms with Gasteiger partial charge in [0.05, 0.1) is 21.7 Å². The summed E-state index contributed by atoms with van der Waals surface area (Å²) in [5.74, 6) is -2.41. The monoisotopic (exact) mass is 394 g/mol. The van der Waals surface area contributed by atoms with Crippen LogP contribution in [0.2, 0.25) is 5.02 Å². The zero-order valence-corrected chi connectivity index (χ0v) is 15.0. The average molecular weight is 395 g/mol. The smallest absolute Gasteiger partial charge is 0.335 e. The van der Waals surface area contributed by atoms with E-state index in [4.69, 9.17) is 16.7 Å². The van der Waals surface area contributed by atoms with Crippen molar-refractivity contribution >= 4 is 34.4 Å². The molecular weight excluding hydrogens is 383 g/mol. The van der Waals surface area contributed by atoms with Gasteiger partial charge in [0, 0.05) is 10.9 Å². The Kier molecular flexibility index (Phi) is 4.41. The molecule has 0 bridgehead atoms. The van der Waals surface area contributed by atoms with Crippen molar-refractivity contribution in [3.8, 4) is 11.3 Å². The van der Waals surface area contributed by atoms with Crippen molar-refractivity contribution in [1.29, 1.82) is 0 Å². The van der Waals surface area contributed by atoms with Crippen LogP contribution < -0.4 is 0 Å². The molecule has 1 heterocycles. The van der Waals surface area contributed by atoms with Gasteiger partial charge in [0.15, 0.2) is 0 Å². The highest BCUT2D eigenvalue weighted by molar-refractivity contribution is 6.34. The van der Waals surface area contributed by atoms with Gasteiger partial charge in [-0.2, -0.15) is 9.78 Å². The van der Waals surface area contributed by atoms with Crippen LogP contribution in [0.5, 0.6) is 0 Å². The summed E-state index contributed by atoms with van der Waals surface area (Å²) in [5.41, 5.74) is 0.935. The second-order valence-corrected chi connectivity index (χ2v) is 6.47. The van der Waals surface area contributed by atoms with E-state index in [-0.39, 0.29) is 27.4 Å². The summed E-state index contributed by atoms with van der Waals surface area (Å²) in [4.78, 5) is 24.1. The first-order valence-electron chi connectivity index (χ1n) is 8.27. The molecule has 7 heteroatoms. The zero-order valence-electron chi connectivity index (χ0n) is 14.3. The van der Waals surface area contributed by atoms with Crippen LogP contribution in [0.3, 0.4) is 0 Å². The minimum Gasteiger partial charge on any atom is -0.478 e. The van der Waals surface area contributed by atoms with Crippen molar-refractivity contribution in [2.24, 2.45) is 0 Å². The molecule has 0 amide bonds. The lowest BCUT2D eigenvalue weighted by atomic mass is 10.0. The second kappa shape index (κ2) is 6.90. The van der Waals surface area contributed by atoms with Gasteiger partial charge < -0.3 is 5.11 Å². The number of carboxylic acids is 1. The van der Waals surface area contributed by atoms with Gasteiger partial charge in [-0.25, -0.2) is 9.18 Å². The molecule has 0 saturated carbocycles. The summed E-state index contributed by atoms with van der Waals surface area (Å²) in [6.07, 6.45) is 0. The molecule has 5 nitrogen and oxygen atoms in total. The average Bonchev–Trinajstić information content (AvgIpc) is 3.07. The number of carboxylic acid groups (broad SMARTS) is 1. The lowest BCUT2D eigenvalue weighted by molar-refractivity contribution is 0.0696. The number of carbonyl (C=O) groups is 2. The van der Waals surface area contributed by atoms with Crippen molar-refractivity contribution in [2.75, 3.05) is 0 Å². The van der Waals surface area contributed by atoms with Gasteiger partial charge in [-0.3, -0.25) is 4.79 Å². The third-order valence-electron chi connectivity index (χ3n) is 4.36. The zero-order chi connectivity index (χ0) is 19.8. The van der Waals surface area contributed by atoms with Gasteiger partial charge in [-0.1, -0.05) is 41.9 Å². The molecule has 1 aromatic heterocycles. The summed E-state index contributed by atoms with van der Waals surface area (Å²) >= 11 is 6.14. The van der Waals surface area contributed by atoms with Gasteiger partial charge in [0.1, 0.15) is 11.5 Å². The first-order valence-corrected chi connectivity index (χ1v) is 8.65. The number of aromatic nitrogens is 2. The number of halogens is 2. The summed E-state index contributed by atoms with van der Waals surface area (Å²) in [6, 6.07) is 17.1. The molecule has 0 spiro atoms. The topological polar surface area (TPSA) is 72.2 Å². The molecule has 0 saturated heterocycles. The summed E-state index contributed by atoms with van der Waals surface area (Å²) < 4.78 is 15.8. The molecule has 4 aromatic rings. The van der Waals surface area contributed by atoms with E-state index in [0.29, 0.717) is 10.9 Å². The summed E-state index contributed by atoms with van der Waals surface area (Å²) in [5, 5.41) is 14.2. The number of nitrogens with zero attached hydrogens (tertiary/aromatic N) is 2. The van der Waals surface area contributed by atoms with E-state index in [0.717, 1.165) is 6.07 Å². The predicted molar refractivity (Wildman–Crippen MR) is 103 cm³/mol. The van der Waals surface area contributed by atoms with Crippen LogP contribution in [0.1, 0.15) is 20.7 Å². The van der Waals surface area contributed by atoms with Crippen LogP contribution >= 0.6 is 11.6 Å². The van der Waals surface area contributed by atoms with Crippen molar-refractivity contribution < 1.29 is 19.1 Å². The number of aromatic carboxylic acids is 1. The molecular formula is C21H12ClFN2O3. The number of hydrogen-bond acceptors (Lipinski definition) is 3. The van der Waals surface area contributed by atoms with Gasteiger partial charge in [-0.15, -0.1) is 0 Å². The molecule has 3 aromatic carbocycles. The first-order chi connectivity index (χ1) is 13.5. The second-order valence-electron chi connectivity index (χ2n) is 6.06. The normalized spacial score (nSPS) is 10.9. The van der Waals surface area contributed by atoms with Gasteiger partial charge >= 0.3 is 5.97 Å². The molecule has 0 fully saturated rings. The maximum atomic E-state index is 14.6. The highest BCUT2D eigenvalue weighted by atomic mass is 35.5. The van der Waals surface area contributed by atoms with Crippen LogP contribution in [-0.4, -0.2) is 26.8 Å². The molecule has 0 aliphatic carbocycles. The molecule has 0 radical (unpaired) electrons. The fourth-order valence-corrected chi connectivity index (χ4v) is 3.23. The van der Waals surface area contributed by atoms with E-state index in [1.54, 1.807) is 48.5 Å². The van der Waals surface area contributed by atoms with Gasteiger partial charge in [0.25, 0.3) is 5.91 Å². The SMILES string of the molecule is O=C(O)c1ccc(-c2nn(C(=O)c3ccccc3Cl)c3ccccc23)c(F)c1. The molecule has 0 aliphatic rings.